The van der Waals surface area contributed by atoms with Crippen LogP contribution in [0.3, 0.4) is 0 Å². The average molecular weight is 503 g/mol. The fraction of sp³-hybridized carbons (Fsp3) is 0.810. The maximum Gasteiger partial charge on any atom is 0.431 e. The van der Waals surface area contributed by atoms with Gasteiger partial charge < -0.3 is 9.47 Å². The minimum Gasteiger partial charge on any atom is -0.465 e. The van der Waals surface area contributed by atoms with E-state index in [1.165, 1.54) is 6.92 Å². The van der Waals surface area contributed by atoms with Crippen molar-refractivity contribution in [2.24, 2.45) is 11.3 Å². The van der Waals surface area contributed by atoms with Gasteiger partial charge in [0, 0.05) is 17.4 Å². The molecule has 0 aliphatic heterocycles. The largest absolute Gasteiger partial charge is 0.465 e. The van der Waals surface area contributed by atoms with Crippen LogP contribution in [-0.2, 0) is 29.2 Å². The summed E-state index contributed by atoms with van der Waals surface area (Å²) in [6, 6.07) is 0. The van der Waals surface area contributed by atoms with E-state index in [1.807, 2.05) is 6.92 Å². The molecule has 190 valence electrons. The zero-order valence-corrected chi connectivity index (χ0v) is 19.5. The first-order valence-corrected chi connectivity index (χ1v) is 12.2. The first-order chi connectivity index (χ1) is 15.0. The number of alkyl halides is 4. The van der Waals surface area contributed by atoms with E-state index < -0.39 is 57.1 Å². The summed E-state index contributed by atoms with van der Waals surface area (Å²) in [6.07, 6.45) is 1.69. The molecular formula is C21H30F4O7S. The van der Waals surface area contributed by atoms with Crippen molar-refractivity contribution in [1.29, 1.82) is 0 Å². The van der Waals surface area contributed by atoms with Crippen molar-refractivity contribution >= 4 is 22.1 Å². The molecule has 2 fully saturated rings. The second kappa shape index (κ2) is 9.52. The number of esters is 2. The zero-order chi connectivity index (χ0) is 25.3. The molecule has 0 heterocycles. The Balaban J connectivity index is 2.05. The number of rotatable bonds is 10. The van der Waals surface area contributed by atoms with Gasteiger partial charge in [-0.05, 0) is 51.4 Å². The third-order valence-electron chi connectivity index (χ3n) is 6.66. The molecular weight excluding hydrogens is 472 g/mol. The standard InChI is InChI=1S/C21H30F4O7S/c1-4-18(10-15-6-5-8-19(11-15,12-18)32-17(27)14(2)3)13-31-16(26)7-9-20(22,23)21(24,25)33(28,29)30/h15H,2,4-13H2,1,3H3,(H,28,29,30). The Morgan fingerprint density at radius 3 is 2.39 bits per heavy atom. The van der Waals surface area contributed by atoms with Gasteiger partial charge in [0.2, 0.25) is 0 Å². The topological polar surface area (TPSA) is 107 Å². The third-order valence-corrected chi connectivity index (χ3v) is 7.61. The second-order valence-electron chi connectivity index (χ2n) is 9.41. The Bertz CT molecular complexity index is 889. The molecule has 2 saturated carbocycles. The van der Waals surface area contributed by atoms with Gasteiger partial charge >= 0.3 is 33.2 Å². The molecule has 3 atom stereocenters. The van der Waals surface area contributed by atoms with Crippen molar-refractivity contribution in [2.75, 3.05) is 6.61 Å². The van der Waals surface area contributed by atoms with Crippen LogP contribution in [0.15, 0.2) is 12.2 Å². The monoisotopic (exact) mass is 502 g/mol. The van der Waals surface area contributed by atoms with E-state index in [9.17, 15) is 35.6 Å². The summed E-state index contributed by atoms with van der Waals surface area (Å²) < 4.78 is 94.3. The van der Waals surface area contributed by atoms with Gasteiger partial charge in [0.05, 0.1) is 13.0 Å². The normalized spacial score (nSPS) is 28.2. The maximum absolute atomic E-state index is 13.6. The van der Waals surface area contributed by atoms with Gasteiger partial charge in [-0.25, -0.2) is 4.79 Å². The fourth-order valence-electron chi connectivity index (χ4n) is 4.94. The van der Waals surface area contributed by atoms with E-state index in [0.717, 1.165) is 12.8 Å². The predicted molar refractivity (Wildman–Crippen MR) is 109 cm³/mol. The maximum atomic E-state index is 13.6. The number of ether oxygens (including phenoxy) is 2. The van der Waals surface area contributed by atoms with Crippen molar-refractivity contribution in [2.45, 2.75) is 88.4 Å². The lowest BCUT2D eigenvalue weighted by Crippen LogP contribution is -2.51. The van der Waals surface area contributed by atoms with Gasteiger partial charge in [-0.3, -0.25) is 9.35 Å². The molecule has 7 nitrogen and oxygen atoms in total. The number of carbonyl (C=O) groups excluding carboxylic acids is 2. The number of carbonyl (C=O) groups is 2. The smallest absolute Gasteiger partial charge is 0.431 e. The fourth-order valence-corrected chi connectivity index (χ4v) is 5.42. The molecule has 33 heavy (non-hydrogen) atoms. The molecule has 0 amide bonds. The highest BCUT2D eigenvalue weighted by molar-refractivity contribution is 7.87. The number of fused-ring (bicyclic) bond motifs is 2. The van der Waals surface area contributed by atoms with E-state index in [4.69, 9.17) is 14.0 Å². The Labute approximate surface area is 190 Å². The van der Waals surface area contributed by atoms with Gasteiger partial charge in [0.15, 0.2) is 0 Å². The quantitative estimate of drug-likeness (QED) is 0.200. The minimum atomic E-state index is -6.37. The van der Waals surface area contributed by atoms with Crippen LogP contribution in [-0.4, -0.2) is 48.3 Å². The summed E-state index contributed by atoms with van der Waals surface area (Å²) in [5.74, 6) is -6.66. The molecule has 2 aliphatic carbocycles. The van der Waals surface area contributed by atoms with Crippen molar-refractivity contribution in [3.05, 3.63) is 12.2 Å². The lowest BCUT2D eigenvalue weighted by atomic mass is 9.58. The van der Waals surface area contributed by atoms with Crippen LogP contribution in [0.1, 0.15) is 71.6 Å². The minimum absolute atomic E-state index is 0.175. The number of hydrogen-bond donors (Lipinski definition) is 1. The van der Waals surface area contributed by atoms with E-state index in [0.29, 0.717) is 32.1 Å². The highest BCUT2D eigenvalue weighted by atomic mass is 32.2. The van der Waals surface area contributed by atoms with Crippen molar-refractivity contribution in [3.63, 3.8) is 0 Å². The molecule has 1 N–H and O–H groups in total. The van der Waals surface area contributed by atoms with Crippen LogP contribution < -0.4 is 0 Å². The molecule has 0 aromatic heterocycles. The molecule has 0 aromatic rings. The van der Waals surface area contributed by atoms with Gasteiger partial charge in [-0.15, -0.1) is 0 Å². The van der Waals surface area contributed by atoms with Gasteiger partial charge in [0.25, 0.3) is 0 Å². The molecule has 0 aromatic carbocycles. The van der Waals surface area contributed by atoms with E-state index >= 15 is 0 Å². The summed E-state index contributed by atoms with van der Waals surface area (Å²) in [6.45, 7) is 6.83. The Hall–Kier alpha value is -1.69. The average Bonchev–Trinajstić information content (AvgIpc) is 2.69. The first kappa shape index (κ1) is 27.6. The molecule has 12 heteroatoms. The lowest BCUT2D eigenvalue weighted by molar-refractivity contribution is -0.183. The van der Waals surface area contributed by atoms with E-state index in [-0.39, 0.29) is 18.1 Å². The van der Waals surface area contributed by atoms with Crippen LogP contribution in [0.25, 0.3) is 0 Å². The summed E-state index contributed by atoms with van der Waals surface area (Å²) >= 11 is 0. The highest BCUT2D eigenvalue weighted by Crippen LogP contribution is 2.54. The second-order valence-corrected chi connectivity index (χ2v) is 10.9. The van der Waals surface area contributed by atoms with Gasteiger partial charge in [0.1, 0.15) is 5.60 Å². The summed E-state index contributed by atoms with van der Waals surface area (Å²) in [4.78, 5) is 24.3. The Morgan fingerprint density at radius 2 is 1.85 bits per heavy atom. The van der Waals surface area contributed by atoms with Gasteiger partial charge in [-0.1, -0.05) is 19.9 Å². The summed E-state index contributed by atoms with van der Waals surface area (Å²) in [7, 11) is -6.37. The molecule has 2 bridgehead atoms. The Kier molecular flexibility index (Phi) is 7.95. The van der Waals surface area contributed by atoms with Crippen molar-refractivity contribution < 1.29 is 49.6 Å². The summed E-state index contributed by atoms with van der Waals surface area (Å²) in [5.41, 5.74) is -1.08. The SMILES string of the molecule is C=C(C)C(=O)OC12CCCC(CC(CC)(COC(=O)CCC(F)(F)C(F)(F)S(=O)(=O)O)C1)C2. The van der Waals surface area contributed by atoms with E-state index in [2.05, 4.69) is 6.58 Å². The highest BCUT2D eigenvalue weighted by Gasteiger charge is 2.65. The lowest BCUT2D eigenvalue weighted by Gasteiger charge is -2.52. The Morgan fingerprint density at radius 1 is 1.21 bits per heavy atom. The van der Waals surface area contributed by atoms with Crippen LogP contribution in [0.4, 0.5) is 17.6 Å². The molecule has 0 saturated heterocycles. The number of halogens is 4. The third kappa shape index (κ3) is 6.06. The first-order valence-electron chi connectivity index (χ1n) is 10.8. The van der Waals surface area contributed by atoms with Crippen molar-refractivity contribution in [1.82, 2.24) is 0 Å². The van der Waals surface area contributed by atoms with E-state index in [1.54, 1.807) is 0 Å². The molecule has 3 unspecified atom stereocenters. The molecule has 2 rings (SSSR count). The van der Waals surface area contributed by atoms with Crippen LogP contribution in [0.2, 0.25) is 0 Å². The zero-order valence-electron chi connectivity index (χ0n) is 18.7. The number of hydrogen-bond acceptors (Lipinski definition) is 6. The van der Waals surface area contributed by atoms with Gasteiger partial charge in [-0.2, -0.15) is 26.0 Å². The van der Waals surface area contributed by atoms with Crippen LogP contribution in [0, 0.1) is 11.3 Å². The molecule has 0 spiro atoms. The predicted octanol–water partition coefficient (Wildman–Crippen LogP) is 4.66. The molecule has 0 radical (unpaired) electrons. The van der Waals surface area contributed by atoms with Crippen LogP contribution in [0.5, 0.6) is 0 Å². The van der Waals surface area contributed by atoms with Crippen molar-refractivity contribution in [3.8, 4) is 0 Å². The molecule has 2 aliphatic rings. The van der Waals surface area contributed by atoms with Crippen LogP contribution >= 0.6 is 0 Å². The summed E-state index contributed by atoms with van der Waals surface area (Å²) in [5, 5.41) is -5.73.